The van der Waals surface area contributed by atoms with Gasteiger partial charge < -0.3 is 4.98 Å². The summed E-state index contributed by atoms with van der Waals surface area (Å²) in [6.45, 7) is 1.96. The molecule has 0 saturated heterocycles. The van der Waals surface area contributed by atoms with Gasteiger partial charge in [-0.2, -0.15) is 0 Å². The molecular weight excluding hydrogens is 152 g/mol. The summed E-state index contributed by atoms with van der Waals surface area (Å²) in [5.41, 5.74) is 2.50. The number of carbonyl (C=O) groups excluding carboxylic acids is 1. The molecule has 0 fully saturated rings. The molecule has 0 spiro atoms. The number of hydrogen-bond acceptors (Lipinski definition) is 2. The van der Waals surface area contributed by atoms with Crippen molar-refractivity contribution in [3.05, 3.63) is 29.6 Å². The lowest BCUT2D eigenvalue weighted by Crippen LogP contribution is -1.82. The van der Waals surface area contributed by atoms with Crippen molar-refractivity contribution in [1.29, 1.82) is 0 Å². The number of aromatic amines is 1. The molecule has 0 aliphatic rings. The van der Waals surface area contributed by atoms with Gasteiger partial charge in [0.25, 0.3) is 0 Å². The summed E-state index contributed by atoms with van der Waals surface area (Å²) in [7, 11) is 0. The molecular formula is C9H8N2O. The molecule has 3 nitrogen and oxygen atoms in total. The molecule has 60 valence electrons. The smallest absolute Gasteiger partial charge is 0.151 e. The largest absolute Gasteiger partial charge is 0.344 e. The number of hydrogen-bond donors (Lipinski definition) is 1. The average molecular weight is 160 g/mol. The third-order valence-electron chi connectivity index (χ3n) is 1.76. The molecule has 3 heteroatoms. The van der Waals surface area contributed by atoms with Crippen molar-refractivity contribution < 1.29 is 4.79 Å². The first kappa shape index (κ1) is 7.03. The van der Waals surface area contributed by atoms with Crippen LogP contribution >= 0.6 is 0 Å². The Balaban J connectivity index is 2.74. The second-order valence-electron chi connectivity index (χ2n) is 2.78. The Labute approximate surface area is 69.4 Å². The van der Waals surface area contributed by atoms with E-state index in [0.29, 0.717) is 5.56 Å². The summed E-state index contributed by atoms with van der Waals surface area (Å²) in [4.78, 5) is 17.6. The Kier molecular flexibility index (Phi) is 1.43. The maximum Gasteiger partial charge on any atom is 0.151 e. The van der Waals surface area contributed by atoms with Gasteiger partial charge in [-0.05, 0) is 19.1 Å². The van der Waals surface area contributed by atoms with Gasteiger partial charge in [0, 0.05) is 22.8 Å². The monoisotopic (exact) mass is 160 g/mol. The second kappa shape index (κ2) is 2.44. The third kappa shape index (κ3) is 0.993. The van der Waals surface area contributed by atoms with Crippen molar-refractivity contribution in [2.75, 3.05) is 0 Å². The number of pyridine rings is 1. The van der Waals surface area contributed by atoms with E-state index < -0.39 is 0 Å². The summed E-state index contributed by atoms with van der Waals surface area (Å²) in [5, 5.41) is 0.983. The minimum Gasteiger partial charge on any atom is -0.344 e. The van der Waals surface area contributed by atoms with Crippen molar-refractivity contribution in [1.82, 2.24) is 9.97 Å². The predicted octanol–water partition coefficient (Wildman–Crippen LogP) is 1.68. The highest BCUT2D eigenvalue weighted by atomic mass is 16.1. The Hall–Kier alpha value is -1.64. The van der Waals surface area contributed by atoms with Crippen molar-refractivity contribution in [2.45, 2.75) is 6.92 Å². The number of nitrogens with one attached hydrogen (secondary N) is 1. The summed E-state index contributed by atoms with van der Waals surface area (Å²) < 4.78 is 0. The second-order valence-corrected chi connectivity index (χ2v) is 2.78. The molecule has 0 saturated carbocycles. The van der Waals surface area contributed by atoms with Crippen LogP contribution < -0.4 is 0 Å². The van der Waals surface area contributed by atoms with E-state index in [2.05, 4.69) is 9.97 Å². The van der Waals surface area contributed by atoms with Crippen molar-refractivity contribution >= 4 is 17.3 Å². The van der Waals surface area contributed by atoms with E-state index in [9.17, 15) is 4.79 Å². The van der Waals surface area contributed by atoms with E-state index in [1.165, 1.54) is 0 Å². The van der Waals surface area contributed by atoms with Gasteiger partial charge in [-0.1, -0.05) is 0 Å². The van der Waals surface area contributed by atoms with Gasteiger partial charge in [-0.15, -0.1) is 0 Å². The lowest BCUT2D eigenvalue weighted by atomic mass is 10.2. The van der Waals surface area contributed by atoms with Crippen LogP contribution in [0.2, 0.25) is 0 Å². The summed E-state index contributed by atoms with van der Waals surface area (Å²) >= 11 is 0. The molecule has 0 atom stereocenters. The van der Waals surface area contributed by atoms with Crippen LogP contribution in [0.1, 0.15) is 16.1 Å². The number of fused-ring (bicyclic) bond motifs is 1. The summed E-state index contributed by atoms with van der Waals surface area (Å²) in [6.07, 6.45) is 2.36. The molecule has 12 heavy (non-hydrogen) atoms. The Bertz CT molecular complexity index is 431. The minimum absolute atomic E-state index is 0.612. The summed E-state index contributed by atoms with van der Waals surface area (Å²) in [5.74, 6) is 0. The zero-order chi connectivity index (χ0) is 8.55. The van der Waals surface area contributed by atoms with Gasteiger partial charge in [-0.3, -0.25) is 4.79 Å². The molecule has 0 bridgehead atoms. The molecule has 0 amide bonds. The van der Waals surface area contributed by atoms with Crippen LogP contribution in [-0.4, -0.2) is 16.3 Å². The van der Waals surface area contributed by atoms with Crippen LogP contribution in [0.3, 0.4) is 0 Å². The highest BCUT2D eigenvalue weighted by molar-refractivity contribution is 5.84. The first-order valence-corrected chi connectivity index (χ1v) is 3.70. The van der Waals surface area contributed by atoms with Gasteiger partial charge in [0.2, 0.25) is 0 Å². The SMILES string of the molecule is Cc1cc2cc(C=O)cnc2[nH]1. The molecule has 0 aliphatic heterocycles. The first-order valence-electron chi connectivity index (χ1n) is 3.70. The maximum atomic E-state index is 10.4. The first-order chi connectivity index (χ1) is 5.79. The van der Waals surface area contributed by atoms with Crippen molar-refractivity contribution in [3.8, 4) is 0 Å². The average Bonchev–Trinajstić information content (AvgIpc) is 2.43. The number of aromatic nitrogens is 2. The fourth-order valence-corrected chi connectivity index (χ4v) is 1.23. The Morgan fingerprint density at radius 1 is 1.50 bits per heavy atom. The molecule has 0 radical (unpaired) electrons. The normalized spacial score (nSPS) is 10.4. The van der Waals surface area contributed by atoms with E-state index >= 15 is 0 Å². The van der Waals surface area contributed by atoms with E-state index in [4.69, 9.17) is 0 Å². The van der Waals surface area contributed by atoms with Gasteiger partial charge in [0.05, 0.1) is 0 Å². The number of H-pyrrole nitrogens is 1. The van der Waals surface area contributed by atoms with Gasteiger partial charge in [0.15, 0.2) is 6.29 Å². The van der Waals surface area contributed by atoms with Crippen LogP contribution in [0.15, 0.2) is 18.3 Å². The summed E-state index contributed by atoms with van der Waals surface area (Å²) in [6, 6.07) is 3.79. The molecule has 0 unspecified atom stereocenters. The number of rotatable bonds is 1. The quantitative estimate of drug-likeness (QED) is 0.645. The van der Waals surface area contributed by atoms with Gasteiger partial charge in [-0.25, -0.2) is 4.98 Å². The van der Waals surface area contributed by atoms with Gasteiger partial charge >= 0.3 is 0 Å². The highest BCUT2D eigenvalue weighted by Gasteiger charge is 1.98. The topological polar surface area (TPSA) is 45.8 Å². The zero-order valence-electron chi connectivity index (χ0n) is 6.66. The molecule has 2 aromatic heterocycles. The van der Waals surface area contributed by atoms with Crippen molar-refractivity contribution in [3.63, 3.8) is 0 Å². The van der Waals surface area contributed by atoms with Gasteiger partial charge in [0.1, 0.15) is 5.65 Å². The Morgan fingerprint density at radius 2 is 2.33 bits per heavy atom. The van der Waals surface area contributed by atoms with E-state index in [1.807, 2.05) is 19.1 Å². The molecule has 0 aliphatic carbocycles. The van der Waals surface area contributed by atoms with Crippen molar-refractivity contribution in [2.24, 2.45) is 0 Å². The van der Waals surface area contributed by atoms with E-state index in [1.54, 1.807) is 6.20 Å². The Morgan fingerprint density at radius 3 is 3.08 bits per heavy atom. The van der Waals surface area contributed by atoms with Crippen LogP contribution in [-0.2, 0) is 0 Å². The molecule has 2 aromatic rings. The van der Waals surface area contributed by atoms with Crippen LogP contribution in [0.25, 0.3) is 11.0 Å². The predicted molar refractivity (Wildman–Crippen MR) is 46.2 cm³/mol. The number of nitrogens with zero attached hydrogens (tertiary/aromatic N) is 1. The number of aryl methyl sites for hydroxylation is 1. The number of carbonyl (C=O) groups is 1. The number of aldehydes is 1. The standard InChI is InChI=1S/C9H8N2O/c1-6-2-8-3-7(5-12)4-10-9(8)11-6/h2-5H,1H3,(H,10,11). The van der Waals surface area contributed by atoms with Crippen LogP contribution in [0, 0.1) is 6.92 Å². The fourth-order valence-electron chi connectivity index (χ4n) is 1.23. The molecule has 0 aromatic carbocycles. The lowest BCUT2D eigenvalue weighted by molar-refractivity contribution is 0.112. The van der Waals surface area contributed by atoms with Crippen LogP contribution in [0.4, 0.5) is 0 Å². The van der Waals surface area contributed by atoms with E-state index in [0.717, 1.165) is 23.0 Å². The highest BCUT2D eigenvalue weighted by Crippen LogP contribution is 2.12. The van der Waals surface area contributed by atoms with E-state index in [-0.39, 0.29) is 0 Å². The lowest BCUT2D eigenvalue weighted by Gasteiger charge is -1.88. The third-order valence-corrected chi connectivity index (χ3v) is 1.76. The molecule has 2 heterocycles. The molecule has 2 rings (SSSR count). The van der Waals surface area contributed by atoms with Crippen LogP contribution in [0.5, 0.6) is 0 Å². The fraction of sp³-hybridized carbons (Fsp3) is 0.111. The zero-order valence-corrected chi connectivity index (χ0v) is 6.66. The minimum atomic E-state index is 0.612. The molecule has 1 N–H and O–H groups in total. The maximum absolute atomic E-state index is 10.4.